The number of ether oxygens (including phenoxy) is 1. The second kappa shape index (κ2) is 22.2. The van der Waals surface area contributed by atoms with Gasteiger partial charge in [-0.25, -0.2) is 4.57 Å². The van der Waals surface area contributed by atoms with E-state index in [4.69, 9.17) is 15.6 Å². The SMILES string of the molecule is CCCCCC/C=C\CCCCCCCCCC(=O)OCCCOP(=O)(O)OC[C@H](N)C(=O)O. The quantitative estimate of drug-likeness (QED) is 0.0667. The van der Waals surface area contributed by atoms with Crippen molar-refractivity contribution >= 4 is 19.8 Å². The van der Waals surface area contributed by atoms with E-state index in [1.807, 2.05) is 0 Å². The fourth-order valence-corrected chi connectivity index (χ4v) is 3.90. The van der Waals surface area contributed by atoms with E-state index in [0.29, 0.717) is 6.42 Å². The zero-order valence-electron chi connectivity index (χ0n) is 20.8. The van der Waals surface area contributed by atoms with Gasteiger partial charge >= 0.3 is 19.8 Å². The predicted molar refractivity (Wildman–Crippen MR) is 132 cm³/mol. The second-order valence-electron chi connectivity index (χ2n) is 8.45. The Morgan fingerprint density at radius 1 is 0.853 bits per heavy atom. The number of phosphoric ester groups is 1. The maximum Gasteiger partial charge on any atom is 0.472 e. The van der Waals surface area contributed by atoms with Crippen molar-refractivity contribution in [2.24, 2.45) is 5.73 Å². The molecule has 0 rings (SSSR count). The Kier molecular flexibility index (Phi) is 21.4. The summed E-state index contributed by atoms with van der Waals surface area (Å²) in [7, 11) is -4.38. The molecular weight excluding hydrogens is 461 g/mol. The third-order valence-corrected chi connectivity index (χ3v) is 6.17. The summed E-state index contributed by atoms with van der Waals surface area (Å²) in [6.07, 6.45) is 20.7. The molecule has 0 aromatic rings. The molecule has 1 unspecified atom stereocenters. The first-order valence-electron chi connectivity index (χ1n) is 12.7. The number of carboxylic acids is 1. The van der Waals surface area contributed by atoms with Crippen molar-refractivity contribution in [3.8, 4) is 0 Å². The van der Waals surface area contributed by atoms with Crippen LogP contribution in [0.4, 0.5) is 0 Å². The number of phosphoric acid groups is 1. The Bertz CT molecular complexity index is 600. The number of carboxylic acid groups (broad SMARTS) is 1. The number of esters is 1. The van der Waals surface area contributed by atoms with Crippen LogP contribution < -0.4 is 5.73 Å². The fraction of sp³-hybridized carbons (Fsp3) is 0.833. The molecule has 0 saturated heterocycles. The van der Waals surface area contributed by atoms with Gasteiger partial charge in [0.2, 0.25) is 0 Å². The van der Waals surface area contributed by atoms with Crippen molar-refractivity contribution in [1.82, 2.24) is 0 Å². The van der Waals surface area contributed by atoms with Crippen LogP contribution in [0.15, 0.2) is 12.2 Å². The Balaban J connectivity index is 3.46. The molecule has 10 heteroatoms. The lowest BCUT2D eigenvalue weighted by atomic mass is 10.1. The maximum absolute atomic E-state index is 11.7. The van der Waals surface area contributed by atoms with Crippen LogP contribution in [0, 0.1) is 0 Å². The fourth-order valence-electron chi connectivity index (χ4n) is 3.12. The molecule has 0 bridgehead atoms. The highest BCUT2D eigenvalue weighted by molar-refractivity contribution is 7.47. The molecule has 0 spiro atoms. The molecule has 200 valence electrons. The van der Waals surface area contributed by atoms with E-state index in [2.05, 4.69) is 28.1 Å². The minimum absolute atomic E-state index is 0.0701. The van der Waals surface area contributed by atoms with Crippen LogP contribution in [0.2, 0.25) is 0 Å². The van der Waals surface area contributed by atoms with Crippen LogP contribution in [0.5, 0.6) is 0 Å². The van der Waals surface area contributed by atoms with Crippen LogP contribution >= 0.6 is 7.82 Å². The molecule has 0 heterocycles. The maximum atomic E-state index is 11.7. The number of rotatable bonds is 24. The lowest BCUT2D eigenvalue weighted by Gasteiger charge is -2.13. The van der Waals surface area contributed by atoms with E-state index in [9.17, 15) is 19.0 Å². The molecule has 0 fully saturated rings. The van der Waals surface area contributed by atoms with E-state index < -0.39 is 26.4 Å². The molecule has 0 radical (unpaired) electrons. The predicted octanol–water partition coefficient (Wildman–Crippen LogP) is 5.50. The summed E-state index contributed by atoms with van der Waals surface area (Å²) < 4.78 is 25.8. The lowest BCUT2D eigenvalue weighted by Crippen LogP contribution is -2.34. The van der Waals surface area contributed by atoms with Crippen LogP contribution in [0.3, 0.4) is 0 Å². The molecule has 0 aliphatic heterocycles. The average Bonchev–Trinajstić information content (AvgIpc) is 2.79. The molecule has 0 saturated carbocycles. The summed E-state index contributed by atoms with van der Waals surface area (Å²) in [4.78, 5) is 31.7. The monoisotopic (exact) mass is 507 g/mol. The topological polar surface area (TPSA) is 145 Å². The molecule has 9 nitrogen and oxygen atoms in total. The number of aliphatic carboxylic acids is 1. The lowest BCUT2D eigenvalue weighted by molar-refractivity contribution is -0.144. The van der Waals surface area contributed by atoms with Crippen molar-refractivity contribution in [3.05, 3.63) is 12.2 Å². The number of hydrogen-bond acceptors (Lipinski definition) is 7. The first-order chi connectivity index (χ1) is 16.3. The van der Waals surface area contributed by atoms with Gasteiger partial charge in [-0.05, 0) is 32.1 Å². The smallest absolute Gasteiger partial charge is 0.472 e. The van der Waals surface area contributed by atoms with E-state index in [1.165, 1.54) is 64.2 Å². The Morgan fingerprint density at radius 3 is 2.00 bits per heavy atom. The molecule has 0 aliphatic carbocycles. The Morgan fingerprint density at radius 2 is 1.41 bits per heavy atom. The van der Waals surface area contributed by atoms with Gasteiger partial charge in [-0.15, -0.1) is 0 Å². The van der Waals surface area contributed by atoms with Gasteiger partial charge in [-0.1, -0.05) is 70.4 Å². The van der Waals surface area contributed by atoms with Crippen LogP contribution in [0.1, 0.15) is 103 Å². The van der Waals surface area contributed by atoms with Crippen LogP contribution in [-0.4, -0.2) is 47.8 Å². The largest absolute Gasteiger partial charge is 0.480 e. The zero-order chi connectivity index (χ0) is 25.5. The molecule has 0 aliphatic rings. The summed E-state index contributed by atoms with van der Waals surface area (Å²) in [5.74, 6) is -1.64. The molecule has 0 amide bonds. The van der Waals surface area contributed by atoms with E-state index in [-0.39, 0.29) is 25.6 Å². The van der Waals surface area contributed by atoms with Gasteiger partial charge in [-0.2, -0.15) is 0 Å². The highest BCUT2D eigenvalue weighted by Crippen LogP contribution is 2.43. The first kappa shape index (κ1) is 32.8. The van der Waals surface area contributed by atoms with E-state index in [0.717, 1.165) is 19.3 Å². The molecular formula is C24H46NO8P. The summed E-state index contributed by atoms with van der Waals surface area (Å²) in [5.41, 5.74) is 5.18. The second-order valence-corrected chi connectivity index (χ2v) is 9.90. The number of unbranched alkanes of at least 4 members (excludes halogenated alkanes) is 11. The van der Waals surface area contributed by atoms with Crippen molar-refractivity contribution in [2.75, 3.05) is 19.8 Å². The third-order valence-electron chi connectivity index (χ3n) is 5.18. The van der Waals surface area contributed by atoms with Crippen LogP contribution in [0.25, 0.3) is 0 Å². The normalized spacial score (nSPS) is 14.2. The standard InChI is InChI=1S/C24H46NO8P/c1-2-3-4-5-6-7-8-9-10-11-12-13-14-15-16-18-23(26)31-19-17-20-32-34(29,30)33-21-22(25)24(27)28/h7-8,22H,2-6,9-21,25H2,1H3,(H,27,28)(H,29,30)/b8-7-/t22-/m0/s1. The van der Waals surface area contributed by atoms with Crippen molar-refractivity contribution in [3.63, 3.8) is 0 Å². The van der Waals surface area contributed by atoms with Gasteiger partial charge in [-0.3, -0.25) is 18.6 Å². The Hall–Kier alpha value is -1.25. The third kappa shape index (κ3) is 22.5. The van der Waals surface area contributed by atoms with Crippen molar-refractivity contribution < 1.29 is 37.9 Å². The van der Waals surface area contributed by atoms with Gasteiger partial charge in [0.15, 0.2) is 0 Å². The van der Waals surface area contributed by atoms with Gasteiger partial charge < -0.3 is 20.5 Å². The van der Waals surface area contributed by atoms with Crippen molar-refractivity contribution in [2.45, 2.75) is 109 Å². The minimum Gasteiger partial charge on any atom is -0.480 e. The number of hydrogen-bond donors (Lipinski definition) is 3. The van der Waals surface area contributed by atoms with Crippen LogP contribution in [-0.2, 0) is 27.9 Å². The summed E-state index contributed by atoms with van der Waals surface area (Å²) in [5, 5.41) is 8.59. The number of allylic oxidation sites excluding steroid dienone is 2. The van der Waals surface area contributed by atoms with Gasteiger partial charge in [0.05, 0.1) is 19.8 Å². The highest BCUT2D eigenvalue weighted by atomic mass is 31.2. The van der Waals surface area contributed by atoms with E-state index >= 15 is 0 Å². The van der Waals surface area contributed by atoms with Gasteiger partial charge in [0, 0.05) is 12.8 Å². The summed E-state index contributed by atoms with van der Waals surface area (Å²) in [6, 6.07) is -1.41. The zero-order valence-corrected chi connectivity index (χ0v) is 21.7. The van der Waals surface area contributed by atoms with Gasteiger partial charge in [0.25, 0.3) is 0 Å². The molecule has 0 aromatic carbocycles. The average molecular weight is 508 g/mol. The minimum atomic E-state index is -4.38. The van der Waals surface area contributed by atoms with Crippen molar-refractivity contribution in [1.29, 1.82) is 0 Å². The molecule has 0 aromatic heterocycles. The summed E-state index contributed by atoms with van der Waals surface area (Å²) >= 11 is 0. The van der Waals surface area contributed by atoms with E-state index in [1.54, 1.807) is 0 Å². The molecule has 2 atom stereocenters. The Labute approximate surface area is 205 Å². The number of nitrogens with two attached hydrogens (primary N) is 1. The number of carbonyl (C=O) groups excluding carboxylic acids is 1. The highest BCUT2D eigenvalue weighted by Gasteiger charge is 2.24. The number of carbonyl (C=O) groups is 2. The van der Waals surface area contributed by atoms with Gasteiger partial charge in [0.1, 0.15) is 6.04 Å². The first-order valence-corrected chi connectivity index (χ1v) is 14.2. The molecule has 4 N–H and O–H groups in total. The molecule has 34 heavy (non-hydrogen) atoms. The summed E-state index contributed by atoms with van der Waals surface area (Å²) in [6.45, 7) is 1.49.